The summed E-state index contributed by atoms with van der Waals surface area (Å²) < 4.78 is 5.63. The quantitative estimate of drug-likeness (QED) is 0.799. The van der Waals surface area contributed by atoms with Crippen LogP contribution in [0.1, 0.15) is 12.8 Å². The third-order valence-corrected chi connectivity index (χ3v) is 2.85. The highest BCUT2D eigenvalue weighted by molar-refractivity contribution is 5.82. The van der Waals surface area contributed by atoms with Gasteiger partial charge in [-0.1, -0.05) is 0 Å². The van der Waals surface area contributed by atoms with E-state index in [0.717, 1.165) is 29.1 Å². The van der Waals surface area contributed by atoms with Gasteiger partial charge in [0.1, 0.15) is 0 Å². The maximum Gasteiger partial charge on any atom is 0.213 e. The predicted octanol–water partition coefficient (Wildman–Crippen LogP) is 2.61. The van der Waals surface area contributed by atoms with Crippen molar-refractivity contribution in [3.05, 3.63) is 30.3 Å². The first-order chi connectivity index (χ1) is 7.81. The van der Waals surface area contributed by atoms with Crippen molar-refractivity contribution in [1.29, 1.82) is 0 Å². The SMILES string of the molecule is Nc1ccc2nc(OCC3CC3)ccc2c1. The first kappa shape index (κ1) is 9.46. The third kappa shape index (κ3) is 1.94. The van der Waals surface area contributed by atoms with Crippen LogP contribution in [0.5, 0.6) is 5.88 Å². The van der Waals surface area contributed by atoms with Crippen molar-refractivity contribution in [3.8, 4) is 5.88 Å². The Morgan fingerprint density at radius 1 is 1.25 bits per heavy atom. The molecule has 1 heterocycles. The average Bonchev–Trinajstić information content (AvgIpc) is 3.10. The number of pyridine rings is 1. The van der Waals surface area contributed by atoms with Crippen LogP contribution in [0.2, 0.25) is 0 Å². The maximum atomic E-state index is 5.71. The molecule has 0 radical (unpaired) electrons. The second-order valence-electron chi connectivity index (χ2n) is 4.36. The number of nitrogens with two attached hydrogens (primary N) is 1. The number of rotatable bonds is 3. The Hall–Kier alpha value is -1.77. The molecule has 1 aliphatic carbocycles. The predicted molar refractivity (Wildman–Crippen MR) is 64.4 cm³/mol. The standard InChI is InChI=1S/C13H14N2O/c14-11-4-5-12-10(7-11)3-6-13(15-12)16-8-9-1-2-9/h3-7,9H,1-2,8,14H2. The second kappa shape index (κ2) is 3.67. The number of nitrogens with zero attached hydrogens (tertiary/aromatic N) is 1. The van der Waals surface area contributed by atoms with Crippen LogP contribution in [0.4, 0.5) is 5.69 Å². The molecule has 1 saturated carbocycles. The molecule has 1 fully saturated rings. The lowest BCUT2D eigenvalue weighted by Crippen LogP contribution is -2.00. The molecule has 0 aliphatic heterocycles. The molecule has 2 N–H and O–H groups in total. The van der Waals surface area contributed by atoms with Gasteiger partial charge in [-0.15, -0.1) is 0 Å². The van der Waals surface area contributed by atoms with Gasteiger partial charge < -0.3 is 10.5 Å². The fourth-order valence-electron chi connectivity index (χ4n) is 1.69. The molecule has 1 aromatic carbocycles. The number of aromatic nitrogens is 1. The van der Waals surface area contributed by atoms with Gasteiger partial charge in [-0.3, -0.25) is 0 Å². The van der Waals surface area contributed by atoms with Crippen molar-refractivity contribution in [2.45, 2.75) is 12.8 Å². The largest absolute Gasteiger partial charge is 0.477 e. The van der Waals surface area contributed by atoms with E-state index in [-0.39, 0.29) is 0 Å². The Morgan fingerprint density at radius 3 is 2.94 bits per heavy atom. The van der Waals surface area contributed by atoms with Crippen molar-refractivity contribution in [2.24, 2.45) is 5.92 Å². The molecule has 0 atom stereocenters. The number of nitrogen functional groups attached to an aromatic ring is 1. The molecule has 3 heteroatoms. The molecule has 1 aromatic heterocycles. The summed E-state index contributed by atoms with van der Waals surface area (Å²) in [6, 6.07) is 9.62. The van der Waals surface area contributed by atoms with Crippen LogP contribution < -0.4 is 10.5 Å². The molecular weight excluding hydrogens is 200 g/mol. The first-order valence-electron chi connectivity index (χ1n) is 5.60. The zero-order valence-corrected chi connectivity index (χ0v) is 9.02. The smallest absolute Gasteiger partial charge is 0.213 e. The molecule has 0 saturated heterocycles. The van der Waals surface area contributed by atoms with E-state index in [2.05, 4.69) is 4.98 Å². The van der Waals surface area contributed by atoms with Crippen molar-refractivity contribution in [1.82, 2.24) is 4.98 Å². The van der Waals surface area contributed by atoms with E-state index in [0.29, 0.717) is 5.88 Å². The van der Waals surface area contributed by atoms with Crippen molar-refractivity contribution < 1.29 is 4.74 Å². The van der Waals surface area contributed by atoms with E-state index in [9.17, 15) is 0 Å². The summed E-state index contributed by atoms with van der Waals surface area (Å²) in [4.78, 5) is 4.44. The summed E-state index contributed by atoms with van der Waals surface area (Å²) in [5.41, 5.74) is 7.41. The highest BCUT2D eigenvalue weighted by Gasteiger charge is 2.22. The highest BCUT2D eigenvalue weighted by atomic mass is 16.5. The minimum Gasteiger partial charge on any atom is -0.477 e. The van der Waals surface area contributed by atoms with Gasteiger partial charge in [0.15, 0.2) is 0 Å². The highest BCUT2D eigenvalue weighted by Crippen LogP contribution is 2.29. The molecule has 0 bridgehead atoms. The fraction of sp³-hybridized carbons (Fsp3) is 0.308. The van der Waals surface area contributed by atoms with Crippen LogP contribution in [0.3, 0.4) is 0 Å². The van der Waals surface area contributed by atoms with Crippen LogP contribution in [-0.4, -0.2) is 11.6 Å². The van der Waals surface area contributed by atoms with Gasteiger partial charge in [0.05, 0.1) is 12.1 Å². The summed E-state index contributed by atoms with van der Waals surface area (Å²) in [5, 5.41) is 1.05. The van der Waals surface area contributed by atoms with Crippen LogP contribution >= 0.6 is 0 Å². The van der Waals surface area contributed by atoms with Crippen LogP contribution in [0.15, 0.2) is 30.3 Å². The molecule has 16 heavy (non-hydrogen) atoms. The van der Waals surface area contributed by atoms with Crippen LogP contribution in [-0.2, 0) is 0 Å². The zero-order valence-electron chi connectivity index (χ0n) is 9.02. The maximum absolute atomic E-state index is 5.71. The first-order valence-corrected chi connectivity index (χ1v) is 5.60. The zero-order chi connectivity index (χ0) is 11.0. The average molecular weight is 214 g/mol. The summed E-state index contributed by atoms with van der Waals surface area (Å²) in [5.74, 6) is 1.47. The molecule has 2 aromatic rings. The minimum atomic E-state index is 0.712. The molecule has 0 spiro atoms. The Bertz CT molecular complexity index is 520. The fourth-order valence-corrected chi connectivity index (χ4v) is 1.69. The molecule has 0 unspecified atom stereocenters. The van der Waals surface area contributed by atoms with Crippen LogP contribution in [0.25, 0.3) is 10.9 Å². The van der Waals surface area contributed by atoms with E-state index in [1.807, 2.05) is 30.3 Å². The van der Waals surface area contributed by atoms with Gasteiger partial charge in [0.25, 0.3) is 0 Å². The van der Waals surface area contributed by atoms with Gasteiger partial charge >= 0.3 is 0 Å². The number of anilines is 1. The summed E-state index contributed by atoms with van der Waals surface area (Å²) in [7, 11) is 0. The van der Waals surface area contributed by atoms with Crippen molar-refractivity contribution >= 4 is 16.6 Å². The molecule has 1 aliphatic rings. The molecule has 0 amide bonds. The minimum absolute atomic E-state index is 0.712. The molecular formula is C13H14N2O. The van der Waals surface area contributed by atoms with Gasteiger partial charge in [-0.25, -0.2) is 4.98 Å². The lowest BCUT2D eigenvalue weighted by atomic mass is 10.2. The molecule has 3 nitrogen and oxygen atoms in total. The van der Waals surface area contributed by atoms with Gasteiger partial charge in [0, 0.05) is 17.1 Å². The van der Waals surface area contributed by atoms with E-state index in [4.69, 9.17) is 10.5 Å². The van der Waals surface area contributed by atoms with Crippen LogP contribution in [0, 0.1) is 5.92 Å². The Balaban J connectivity index is 1.86. The number of ether oxygens (including phenoxy) is 1. The van der Waals surface area contributed by atoms with Gasteiger partial charge in [-0.05, 0) is 43.0 Å². The Labute approximate surface area is 94.2 Å². The molecule has 3 rings (SSSR count). The van der Waals surface area contributed by atoms with Gasteiger partial charge in [0.2, 0.25) is 5.88 Å². The molecule has 82 valence electrons. The van der Waals surface area contributed by atoms with Crippen molar-refractivity contribution in [3.63, 3.8) is 0 Å². The Kier molecular flexibility index (Phi) is 2.17. The monoisotopic (exact) mass is 214 g/mol. The van der Waals surface area contributed by atoms with E-state index in [1.165, 1.54) is 12.8 Å². The van der Waals surface area contributed by atoms with E-state index >= 15 is 0 Å². The van der Waals surface area contributed by atoms with E-state index in [1.54, 1.807) is 0 Å². The topological polar surface area (TPSA) is 48.1 Å². The summed E-state index contributed by atoms with van der Waals surface area (Å²) >= 11 is 0. The Morgan fingerprint density at radius 2 is 2.12 bits per heavy atom. The van der Waals surface area contributed by atoms with Gasteiger partial charge in [-0.2, -0.15) is 0 Å². The second-order valence-corrected chi connectivity index (χ2v) is 4.36. The lowest BCUT2D eigenvalue weighted by Gasteiger charge is -2.05. The van der Waals surface area contributed by atoms with Crippen molar-refractivity contribution in [2.75, 3.05) is 12.3 Å². The summed E-state index contributed by atoms with van der Waals surface area (Å²) in [6.45, 7) is 0.799. The number of fused-ring (bicyclic) bond motifs is 1. The number of benzene rings is 1. The number of hydrogen-bond acceptors (Lipinski definition) is 3. The number of hydrogen-bond donors (Lipinski definition) is 1. The normalized spacial score (nSPS) is 15.2. The third-order valence-electron chi connectivity index (χ3n) is 2.85. The van der Waals surface area contributed by atoms with E-state index < -0.39 is 0 Å². The lowest BCUT2D eigenvalue weighted by molar-refractivity contribution is 0.289. The summed E-state index contributed by atoms with van der Waals surface area (Å²) in [6.07, 6.45) is 2.59.